The molecule has 0 radical (unpaired) electrons. The van der Waals surface area contributed by atoms with Crippen molar-refractivity contribution < 1.29 is 4.42 Å². The Morgan fingerprint density at radius 3 is 1.59 bits per heavy atom. The van der Waals surface area contributed by atoms with Crippen LogP contribution >= 0.6 is 0 Å². The zero-order chi connectivity index (χ0) is 25.4. The van der Waals surface area contributed by atoms with E-state index in [1.165, 1.54) is 33.0 Å². The summed E-state index contributed by atoms with van der Waals surface area (Å²) in [6.07, 6.45) is 0. The van der Waals surface area contributed by atoms with Gasteiger partial charge in [-0.05, 0) is 57.6 Å². The summed E-state index contributed by atoms with van der Waals surface area (Å²) in [5.41, 5.74) is 9.95. The van der Waals surface area contributed by atoms with E-state index >= 15 is 0 Å². The van der Waals surface area contributed by atoms with Gasteiger partial charge in [0.1, 0.15) is 5.52 Å². The van der Waals surface area contributed by atoms with Crippen LogP contribution in [-0.4, -0.2) is 13.1 Å². The van der Waals surface area contributed by atoms with Crippen molar-refractivity contribution in [1.29, 1.82) is 0 Å². The molecule has 1 aromatic heterocycles. The van der Waals surface area contributed by atoms with Gasteiger partial charge in [0.2, 0.25) is 5.89 Å². The molecule has 0 saturated heterocycles. The lowest BCUT2D eigenvalue weighted by atomic mass is 9.97. The van der Waals surface area contributed by atoms with Crippen molar-refractivity contribution in [2.45, 2.75) is 19.6 Å². The van der Waals surface area contributed by atoms with Gasteiger partial charge in [-0.3, -0.25) is 0 Å². The van der Waals surface area contributed by atoms with Crippen LogP contribution < -0.4 is 5.19 Å². The summed E-state index contributed by atoms with van der Waals surface area (Å²) in [5, 5.41) is 1.49. The quantitative estimate of drug-likeness (QED) is 0.223. The largest absolute Gasteiger partial charge is 0.436 e. The van der Waals surface area contributed by atoms with E-state index in [0.29, 0.717) is 5.89 Å². The standard InChI is InChI=1S/C34H29NOSi/c1-37(2,3)31-11-7-9-29(23-31)27-20-16-25(17-21-27)24-14-18-26(19-15-24)28-8-6-10-30(22-28)34-35-32-12-4-5-13-33(32)36-34/h4-23H,1-3H3. The molecule has 6 aromatic rings. The molecule has 0 spiro atoms. The summed E-state index contributed by atoms with van der Waals surface area (Å²) in [7, 11) is -1.33. The normalized spacial score (nSPS) is 11.6. The van der Waals surface area contributed by atoms with Gasteiger partial charge in [0, 0.05) is 5.56 Å². The third-order valence-electron chi connectivity index (χ3n) is 6.90. The second kappa shape index (κ2) is 9.34. The lowest BCUT2D eigenvalue weighted by Gasteiger charge is -2.17. The molecule has 0 atom stereocenters. The van der Waals surface area contributed by atoms with Crippen molar-refractivity contribution in [3.05, 3.63) is 121 Å². The molecule has 5 aromatic carbocycles. The van der Waals surface area contributed by atoms with Crippen molar-refractivity contribution in [1.82, 2.24) is 4.98 Å². The van der Waals surface area contributed by atoms with Crippen LogP contribution in [-0.2, 0) is 0 Å². The molecule has 0 saturated carbocycles. The average molecular weight is 496 g/mol. The Morgan fingerprint density at radius 1 is 0.486 bits per heavy atom. The first-order valence-electron chi connectivity index (χ1n) is 12.7. The van der Waals surface area contributed by atoms with E-state index in [2.05, 4.69) is 116 Å². The first kappa shape index (κ1) is 23.2. The van der Waals surface area contributed by atoms with Crippen LogP contribution in [0.4, 0.5) is 0 Å². The number of para-hydroxylation sites is 2. The van der Waals surface area contributed by atoms with Crippen LogP contribution in [0, 0.1) is 0 Å². The summed E-state index contributed by atoms with van der Waals surface area (Å²) in [5.74, 6) is 0.648. The first-order chi connectivity index (χ1) is 17.9. The minimum absolute atomic E-state index is 0.648. The first-order valence-corrected chi connectivity index (χ1v) is 16.2. The third kappa shape index (κ3) is 4.78. The molecule has 0 amide bonds. The van der Waals surface area contributed by atoms with Crippen LogP contribution in [0.5, 0.6) is 0 Å². The minimum Gasteiger partial charge on any atom is -0.436 e. The van der Waals surface area contributed by atoms with Crippen LogP contribution in [0.3, 0.4) is 0 Å². The van der Waals surface area contributed by atoms with Gasteiger partial charge >= 0.3 is 0 Å². The Kier molecular flexibility index (Phi) is 5.86. The summed E-state index contributed by atoms with van der Waals surface area (Å²) in [6.45, 7) is 7.18. The maximum absolute atomic E-state index is 5.98. The monoisotopic (exact) mass is 495 g/mol. The van der Waals surface area contributed by atoms with Gasteiger partial charge in [0.25, 0.3) is 0 Å². The number of aromatic nitrogens is 1. The van der Waals surface area contributed by atoms with Gasteiger partial charge in [-0.2, -0.15) is 0 Å². The number of hydrogen-bond donors (Lipinski definition) is 0. The van der Waals surface area contributed by atoms with E-state index in [1.807, 2.05) is 30.3 Å². The van der Waals surface area contributed by atoms with Gasteiger partial charge < -0.3 is 4.42 Å². The summed E-state index contributed by atoms with van der Waals surface area (Å²) in [6, 6.07) is 43.0. The highest BCUT2D eigenvalue weighted by atomic mass is 28.3. The predicted molar refractivity (Wildman–Crippen MR) is 159 cm³/mol. The van der Waals surface area contributed by atoms with Crippen molar-refractivity contribution in [2.24, 2.45) is 0 Å². The van der Waals surface area contributed by atoms with E-state index in [4.69, 9.17) is 4.42 Å². The van der Waals surface area contributed by atoms with Crippen LogP contribution in [0.1, 0.15) is 0 Å². The van der Waals surface area contributed by atoms with Crippen LogP contribution in [0.2, 0.25) is 19.6 Å². The van der Waals surface area contributed by atoms with E-state index in [-0.39, 0.29) is 0 Å². The summed E-state index contributed by atoms with van der Waals surface area (Å²) in [4.78, 5) is 4.65. The van der Waals surface area contributed by atoms with Gasteiger partial charge in [0.05, 0.1) is 8.07 Å². The molecule has 180 valence electrons. The molecule has 1 heterocycles. The second-order valence-corrected chi connectivity index (χ2v) is 15.6. The number of benzene rings is 5. The Hall–Kier alpha value is -4.21. The molecule has 0 aliphatic carbocycles. The van der Waals surface area contributed by atoms with Gasteiger partial charge in [-0.1, -0.05) is 122 Å². The molecular formula is C34H29NOSi. The molecule has 0 aliphatic rings. The lowest BCUT2D eigenvalue weighted by molar-refractivity contribution is 0.620. The highest BCUT2D eigenvalue weighted by Crippen LogP contribution is 2.30. The average Bonchev–Trinajstić information content (AvgIpc) is 3.38. The molecule has 37 heavy (non-hydrogen) atoms. The van der Waals surface area contributed by atoms with E-state index < -0.39 is 8.07 Å². The molecule has 0 bridgehead atoms. The van der Waals surface area contributed by atoms with Crippen molar-refractivity contribution >= 4 is 24.4 Å². The number of oxazole rings is 1. The predicted octanol–water partition coefficient (Wildman–Crippen LogP) is 9.04. The highest BCUT2D eigenvalue weighted by molar-refractivity contribution is 6.88. The summed E-state index contributed by atoms with van der Waals surface area (Å²) < 4.78 is 5.98. The fourth-order valence-corrected chi connectivity index (χ4v) is 5.89. The van der Waals surface area contributed by atoms with Gasteiger partial charge in [0.15, 0.2) is 5.58 Å². The van der Waals surface area contributed by atoms with Crippen molar-refractivity contribution in [3.8, 4) is 44.8 Å². The number of hydrogen-bond acceptors (Lipinski definition) is 2. The van der Waals surface area contributed by atoms with E-state index in [0.717, 1.165) is 22.2 Å². The Labute approximate surface area is 219 Å². The molecule has 0 unspecified atom stereocenters. The highest BCUT2D eigenvalue weighted by Gasteiger charge is 2.16. The maximum atomic E-state index is 5.98. The Bertz CT molecular complexity index is 1660. The van der Waals surface area contributed by atoms with Crippen molar-refractivity contribution in [2.75, 3.05) is 0 Å². The molecular weight excluding hydrogens is 466 g/mol. The van der Waals surface area contributed by atoms with Gasteiger partial charge in [-0.25, -0.2) is 4.98 Å². The zero-order valence-electron chi connectivity index (χ0n) is 21.4. The second-order valence-electron chi connectivity index (χ2n) is 10.6. The number of fused-ring (bicyclic) bond motifs is 1. The van der Waals surface area contributed by atoms with E-state index in [1.54, 1.807) is 0 Å². The third-order valence-corrected chi connectivity index (χ3v) is 8.94. The van der Waals surface area contributed by atoms with Gasteiger partial charge in [-0.15, -0.1) is 0 Å². The minimum atomic E-state index is -1.33. The fourth-order valence-electron chi connectivity index (χ4n) is 4.70. The maximum Gasteiger partial charge on any atom is 0.227 e. The zero-order valence-corrected chi connectivity index (χ0v) is 22.4. The topological polar surface area (TPSA) is 26.0 Å². The lowest BCUT2D eigenvalue weighted by Crippen LogP contribution is -2.37. The van der Waals surface area contributed by atoms with Crippen LogP contribution in [0.15, 0.2) is 126 Å². The molecule has 0 fully saturated rings. The summed E-state index contributed by atoms with van der Waals surface area (Å²) >= 11 is 0. The SMILES string of the molecule is C[Si](C)(C)c1cccc(-c2ccc(-c3ccc(-c4cccc(-c5nc6ccccc6o5)c4)cc3)cc2)c1. The number of nitrogens with zero attached hydrogens (tertiary/aromatic N) is 1. The molecule has 0 aliphatic heterocycles. The Balaban J connectivity index is 1.24. The molecule has 3 heteroatoms. The molecule has 2 nitrogen and oxygen atoms in total. The van der Waals surface area contributed by atoms with Crippen molar-refractivity contribution in [3.63, 3.8) is 0 Å². The molecule has 6 rings (SSSR count). The fraction of sp³-hybridized carbons (Fsp3) is 0.0882. The Morgan fingerprint density at radius 2 is 1.00 bits per heavy atom. The van der Waals surface area contributed by atoms with Crippen LogP contribution in [0.25, 0.3) is 55.9 Å². The van der Waals surface area contributed by atoms with E-state index in [9.17, 15) is 0 Å². The number of rotatable bonds is 5. The smallest absolute Gasteiger partial charge is 0.227 e. The molecule has 0 N–H and O–H groups in total.